The Morgan fingerprint density at radius 1 is 1.08 bits per heavy atom. The van der Waals surface area contributed by atoms with E-state index in [2.05, 4.69) is 6.92 Å². The van der Waals surface area contributed by atoms with Gasteiger partial charge in [-0.2, -0.15) is 0 Å². The smallest absolute Gasteiger partial charge is 0.0952 e. The van der Waals surface area contributed by atoms with Gasteiger partial charge in [0, 0.05) is 20.5 Å². The molecule has 0 aliphatic rings. The van der Waals surface area contributed by atoms with Crippen LogP contribution >= 0.6 is 0 Å². The quantitative estimate of drug-likeness (QED) is 0.370. The summed E-state index contributed by atoms with van der Waals surface area (Å²) in [6.45, 7) is 2.22. The van der Waals surface area contributed by atoms with E-state index in [1.54, 1.807) is 0 Å². The van der Waals surface area contributed by atoms with Crippen molar-refractivity contribution in [2.24, 2.45) is 0 Å². The lowest BCUT2D eigenvalue weighted by atomic mass is 10.1. The molecule has 0 unspecified atom stereocenters. The largest absolute Gasteiger partial charge is 0.367 e. The van der Waals surface area contributed by atoms with E-state index in [0.29, 0.717) is 0 Å². The number of unbranched alkanes of at least 4 members (excludes halogenated alkanes) is 4. The van der Waals surface area contributed by atoms with Crippen molar-refractivity contribution in [2.45, 2.75) is 45.4 Å². The lowest BCUT2D eigenvalue weighted by molar-refractivity contribution is 0.575. The molecule has 0 aliphatic carbocycles. The molecule has 0 aromatic rings. The van der Waals surface area contributed by atoms with Crippen LogP contribution in [0, 0.1) is 5.41 Å². The summed E-state index contributed by atoms with van der Waals surface area (Å²) >= 11 is 0. The van der Waals surface area contributed by atoms with Crippen molar-refractivity contribution in [1.29, 1.82) is 5.41 Å². The molecule has 0 aromatic carbocycles. The Kier molecular flexibility index (Phi) is 6.82. The number of nitrogens with one attached hydrogen (secondary N) is 1. The first-order valence-corrected chi connectivity index (χ1v) is 4.93. The van der Waals surface area contributed by atoms with E-state index >= 15 is 0 Å². The molecule has 0 aliphatic heterocycles. The van der Waals surface area contributed by atoms with Crippen molar-refractivity contribution in [3.63, 3.8) is 0 Å². The Balaban J connectivity index is 3.14. The van der Waals surface area contributed by atoms with Crippen LogP contribution in [0.3, 0.4) is 0 Å². The predicted molar refractivity (Wildman–Crippen MR) is 54.8 cm³/mol. The minimum Gasteiger partial charge on any atom is -0.367 e. The van der Waals surface area contributed by atoms with Crippen LogP contribution < -0.4 is 0 Å². The zero-order chi connectivity index (χ0) is 9.40. The second-order valence-electron chi connectivity index (χ2n) is 3.51. The second kappa shape index (κ2) is 7.14. The van der Waals surface area contributed by atoms with Gasteiger partial charge in [-0.1, -0.05) is 32.6 Å². The molecule has 0 atom stereocenters. The highest BCUT2D eigenvalue weighted by Crippen LogP contribution is 2.05. The normalized spacial score (nSPS) is 9.92. The van der Waals surface area contributed by atoms with E-state index in [1.807, 2.05) is 19.0 Å². The van der Waals surface area contributed by atoms with Gasteiger partial charge in [0.25, 0.3) is 0 Å². The second-order valence-corrected chi connectivity index (χ2v) is 3.51. The third-order valence-electron chi connectivity index (χ3n) is 2.06. The molecule has 0 bridgehead atoms. The Hall–Kier alpha value is -0.530. The van der Waals surface area contributed by atoms with Crippen molar-refractivity contribution in [3.05, 3.63) is 0 Å². The van der Waals surface area contributed by atoms with Gasteiger partial charge < -0.3 is 4.90 Å². The molecule has 1 N–H and O–H groups in total. The highest BCUT2D eigenvalue weighted by Gasteiger charge is 1.97. The maximum Gasteiger partial charge on any atom is 0.0952 e. The average molecular weight is 170 g/mol. The summed E-state index contributed by atoms with van der Waals surface area (Å²) in [5, 5.41) is 7.55. The highest BCUT2D eigenvalue weighted by atomic mass is 15.1. The van der Waals surface area contributed by atoms with Gasteiger partial charge in [0.05, 0.1) is 5.84 Å². The Morgan fingerprint density at radius 3 is 2.17 bits per heavy atom. The van der Waals surface area contributed by atoms with Crippen LogP contribution in [-0.4, -0.2) is 24.8 Å². The van der Waals surface area contributed by atoms with E-state index in [4.69, 9.17) is 5.41 Å². The fourth-order valence-corrected chi connectivity index (χ4v) is 1.12. The van der Waals surface area contributed by atoms with Crippen LogP contribution in [0.25, 0.3) is 0 Å². The number of amidine groups is 1. The zero-order valence-electron chi connectivity index (χ0n) is 8.69. The van der Waals surface area contributed by atoms with Crippen LogP contribution in [0.5, 0.6) is 0 Å². The SMILES string of the molecule is CCCCCCCC(=N)N(C)C. The number of nitrogens with zero attached hydrogens (tertiary/aromatic N) is 1. The van der Waals surface area contributed by atoms with E-state index in [0.717, 1.165) is 12.3 Å². The summed E-state index contributed by atoms with van der Waals surface area (Å²) in [5.41, 5.74) is 0. The lowest BCUT2D eigenvalue weighted by Crippen LogP contribution is -2.20. The fourth-order valence-electron chi connectivity index (χ4n) is 1.12. The Morgan fingerprint density at radius 2 is 1.67 bits per heavy atom. The van der Waals surface area contributed by atoms with Gasteiger partial charge in [0.15, 0.2) is 0 Å². The summed E-state index contributed by atoms with van der Waals surface area (Å²) < 4.78 is 0. The van der Waals surface area contributed by atoms with Crippen LogP contribution in [0.4, 0.5) is 0 Å². The van der Waals surface area contributed by atoms with E-state index in [1.165, 1.54) is 32.1 Å². The Bertz CT molecular complexity index is 119. The molecule has 0 amide bonds. The number of rotatable bonds is 6. The summed E-state index contributed by atoms with van der Waals surface area (Å²) in [6, 6.07) is 0. The van der Waals surface area contributed by atoms with Crippen molar-refractivity contribution < 1.29 is 0 Å². The standard InChI is InChI=1S/C10H22N2/c1-4-5-6-7-8-9-10(11)12(2)3/h11H,4-9H2,1-3H3. The molecule has 2 heteroatoms. The molecule has 0 fully saturated rings. The van der Waals surface area contributed by atoms with Crippen LogP contribution in [0.15, 0.2) is 0 Å². The third kappa shape index (κ3) is 6.20. The van der Waals surface area contributed by atoms with Crippen molar-refractivity contribution in [1.82, 2.24) is 4.90 Å². The zero-order valence-corrected chi connectivity index (χ0v) is 8.69. The van der Waals surface area contributed by atoms with Gasteiger partial charge in [-0.05, 0) is 6.42 Å². The molecule has 0 heterocycles. The monoisotopic (exact) mass is 170 g/mol. The first kappa shape index (κ1) is 11.5. The van der Waals surface area contributed by atoms with Gasteiger partial charge >= 0.3 is 0 Å². The van der Waals surface area contributed by atoms with Gasteiger partial charge in [-0.15, -0.1) is 0 Å². The van der Waals surface area contributed by atoms with Crippen molar-refractivity contribution >= 4 is 5.84 Å². The minimum atomic E-state index is 0.756. The molecule has 0 rings (SSSR count). The fraction of sp³-hybridized carbons (Fsp3) is 0.900. The average Bonchev–Trinajstić information content (AvgIpc) is 2.03. The molecule has 2 nitrogen and oxygen atoms in total. The van der Waals surface area contributed by atoms with Crippen LogP contribution in [-0.2, 0) is 0 Å². The van der Waals surface area contributed by atoms with Crippen molar-refractivity contribution in [3.8, 4) is 0 Å². The molecule has 0 spiro atoms. The van der Waals surface area contributed by atoms with Crippen LogP contribution in [0.2, 0.25) is 0 Å². The summed E-state index contributed by atoms with van der Waals surface area (Å²) in [7, 11) is 3.88. The molecule has 0 saturated carbocycles. The number of hydrogen-bond donors (Lipinski definition) is 1. The molecule has 0 saturated heterocycles. The molecule has 0 radical (unpaired) electrons. The molecule has 0 aromatic heterocycles. The van der Waals surface area contributed by atoms with Crippen LogP contribution in [0.1, 0.15) is 45.4 Å². The summed E-state index contributed by atoms with van der Waals surface area (Å²) in [6.07, 6.45) is 7.37. The molecule has 12 heavy (non-hydrogen) atoms. The van der Waals surface area contributed by atoms with E-state index < -0.39 is 0 Å². The lowest BCUT2D eigenvalue weighted by Gasteiger charge is -2.12. The highest BCUT2D eigenvalue weighted by molar-refractivity contribution is 5.78. The number of hydrogen-bond acceptors (Lipinski definition) is 1. The molecule has 72 valence electrons. The van der Waals surface area contributed by atoms with E-state index in [9.17, 15) is 0 Å². The van der Waals surface area contributed by atoms with Crippen molar-refractivity contribution in [2.75, 3.05) is 14.1 Å². The first-order chi connectivity index (χ1) is 5.68. The topological polar surface area (TPSA) is 27.1 Å². The Labute approximate surface area is 76.5 Å². The van der Waals surface area contributed by atoms with E-state index in [-0.39, 0.29) is 0 Å². The maximum absolute atomic E-state index is 7.55. The van der Waals surface area contributed by atoms with Gasteiger partial charge in [-0.3, -0.25) is 5.41 Å². The molecular weight excluding hydrogens is 148 g/mol. The summed E-state index contributed by atoms with van der Waals surface area (Å²) in [5.74, 6) is 0.756. The molecular formula is C10H22N2. The third-order valence-corrected chi connectivity index (χ3v) is 2.06. The van der Waals surface area contributed by atoms with Gasteiger partial charge in [-0.25, -0.2) is 0 Å². The first-order valence-electron chi connectivity index (χ1n) is 4.93. The predicted octanol–water partition coefficient (Wildman–Crippen LogP) is 2.89. The maximum atomic E-state index is 7.55. The summed E-state index contributed by atoms with van der Waals surface area (Å²) in [4.78, 5) is 1.89. The van der Waals surface area contributed by atoms with Gasteiger partial charge in [0.1, 0.15) is 0 Å². The minimum absolute atomic E-state index is 0.756. The van der Waals surface area contributed by atoms with Gasteiger partial charge in [0.2, 0.25) is 0 Å².